The van der Waals surface area contributed by atoms with E-state index in [1.165, 1.54) is 74.5 Å². The highest BCUT2D eigenvalue weighted by molar-refractivity contribution is 5.65. The molecule has 0 radical (unpaired) electrons. The Morgan fingerprint density at radius 1 is 0.962 bits per heavy atom. The van der Waals surface area contributed by atoms with Gasteiger partial charge in [0.1, 0.15) is 0 Å². The van der Waals surface area contributed by atoms with Gasteiger partial charge in [-0.3, -0.25) is 0 Å². The predicted octanol–water partition coefficient (Wildman–Crippen LogP) is 7.55. The third-order valence-corrected chi connectivity index (χ3v) is 5.87. The third kappa shape index (κ3) is 5.10. The highest BCUT2D eigenvalue weighted by atomic mass is 14.2. The van der Waals surface area contributed by atoms with Crippen molar-refractivity contribution in [3.05, 3.63) is 71.3 Å². The van der Waals surface area contributed by atoms with E-state index in [1.807, 2.05) is 0 Å². The first kappa shape index (κ1) is 19.0. The van der Waals surface area contributed by atoms with E-state index in [4.69, 9.17) is 0 Å². The van der Waals surface area contributed by atoms with Crippen molar-refractivity contribution < 1.29 is 0 Å². The maximum atomic E-state index is 2.45. The fourth-order valence-electron chi connectivity index (χ4n) is 4.20. The van der Waals surface area contributed by atoms with Crippen LogP contribution in [-0.2, 0) is 19.3 Å². The summed E-state index contributed by atoms with van der Waals surface area (Å²) >= 11 is 0. The molecule has 26 heavy (non-hydrogen) atoms. The summed E-state index contributed by atoms with van der Waals surface area (Å²) in [6, 6.07) is 16.4. The van der Waals surface area contributed by atoms with Crippen molar-refractivity contribution in [1.29, 1.82) is 0 Å². The minimum atomic E-state index is 0.868. The van der Waals surface area contributed by atoms with Gasteiger partial charge in [0.05, 0.1) is 0 Å². The first-order chi connectivity index (χ1) is 12.8. The zero-order valence-corrected chi connectivity index (χ0v) is 16.6. The van der Waals surface area contributed by atoms with Gasteiger partial charge in [0.25, 0.3) is 0 Å². The predicted molar refractivity (Wildman–Crippen MR) is 115 cm³/mol. The first-order valence-electron chi connectivity index (χ1n) is 10.6. The molecule has 0 aromatic heterocycles. The fraction of sp³-hybridized carbons (Fsp3) is 0.462. The molecule has 3 rings (SSSR count). The molecule has 0 nitrogen and oxygen atoms in total. The SMILES string of the molecule is C/C=C/CCC1CCc2cc(-c3ccc(CCCCC)cc3)ccc2C1. The molecule has 0 heteroatoms. The molecule has 0 saturated carbocycles. The van der Waals surface area contributed by atoms with Crippen molar-refractivity contribution in [2.45, 2.75) is 71.6 Å². The van der Waals surface area contributed by atoms with Crippen LogP contribution in [0.25, 0.3) is 11.1 Å². The van der Waals surface area contributed by atoms with Gasteiger partial charge in [-0.1, -0.05) is 74.4 Å². The second-order valence-corrected chi connectivity index (χ2v) is 7.89. The molecule has 2 aromatic rings. The number of benzene rings is 2. The van der Waals surface area contributed by atoms with Gasteiger partial charge in [0.2, 0.25) is 0 Å². The number of fused-ring (bicyclic) bond motifs is 1. The van der Waals surface area contributed by atoms with Crippen molar-refractivity contribution >= 4 is 0 Å². The van der Waals surface area contributed by atoms with Crippen LogP contribution in [0.2, 0.25) is 0 Å². The monoisotopic (exact) mass is 346 g/mol. The van der Waals surface area contributed by atoms with Gasteiger partial charge in [0.15, 0.2) is 0 Å². The molecule has 0 spiro atoms. The summed E-state index contributed by atoms with van der Waals surface area (Å²) < 4.78 is 0. The maximum absolute atomic E-state index is 2.45. The first-order valence-corrected chi connectivity index (χ1v) is 10.6. The number of hydrogen-bond donors (Lipinski definition) is 0. The number of allylic oxidation sites excluding steroid dienone is 2. The van der Waals surface area contributed by atoms with Gasteiger partial charge in [-0.2, -0.15) is 0 Å². The van der Waals surface area contributed by atoms with Crippen LogP contribution in [-0.4, -0.2) is 0 Å². The van der Waals surface area contributed by atoms with Gasteiger partial charge in [-0.15, -0.1) is 0 Å². The summed E-state index contributed by atoms with van der Waals surface area (Å²) in [5.41, 5.74) is 7.39. The quantitative estimate of drug-likeness (QED) is 0.342. The maximum Gasteiger partial charge on any atom is -0.0181 e. The lowest BCUT2D eigenvalue weighted by Crippen LogP contribution is -2.14. The van der Waals surface area contributed by atoms with Crippen LogP contribution in [0.5, 0.6) is 0 Å². The molecule has 0 fully saturated rings. The van der Waals surface area contributed by atoms with E-state index in [9.17, 15) is 0 Å². The average molecular weight is 347 g/mol. The zero-order chi connectivity index (χ0) is 18.2. The molecule has 0 N–H and O–H groups in total. The molecule has 1 aliphatic carbocycles. The lowest BCUT2D eigenvalue weighted by Gasteiger charge is -2.25. The highest BCUT2D eigenvalue weighted by Gasteiger charge is 2.18. The Hall–Kier alpha value is -1.82. The molecule has 0 heterocycles. The van der Waals surface area contributed by atoms with E-state index >= 15 is 0 Å². The molecule has 1 unspecified atom stereocenters. The van der Waals surface area contributed by atoms with E-state index < -0.39 is 0 Å². The third-order valence-electron chi connectivity index (χ3n) is 5.87. The summed E-state index contributed by atoms with van der Waals surface area (Å²) in [5.74, 6) is 0.868. The van der Waals surface area contributed by atoms with Crippen LogP contribution < -0.4 is 0 Å². The van der Waals surface area contributed by atoms with E-state index in [2.05, 4.69) is 68.5 Å². The Kier molecular flexibility index (Phi) is 7.12. The Morgan fingerprint density at radius 3 is 2.54 bits per heavy atom. The molecule has 0 saturated heterocycles. The van der Waals surface area contributed by atoms with E-state index in [1.54, 1.807) is 11.1 Å². The van der Waals surface area contributed by atoms with Gasteiger partial charge in [-0.05, 0) is 85.6 Å². The fourth-order valence-corrected chi connectivity index (χ4v) is 4.20. The minimum Gasteiger partial charge on any atom is -0.0917 e. The van der Waals surface area contributed by atoms with Crippen LogP contribution in [0.15, 0.2) is 54.6 Å². The second kappa shape index (κ2) is 9.76. The van der Waals surface area contributed by atoms with Crippen LogP contribution >= 0.6 is 0 Å². The van der Waals surface area contributed by atoms with Crippen molar-refractivity contribution in [2.75, 3.05) is 0 Å². The molecule has 1 aliphatic rings. The zero-order valence-electron chi connectivity index (χ0n) is 16.6. The van der Waals surface area contributed by atoms with E-state index in [0.717, 1.165) is 5.92 Å². The molecule has 2 aromatic carbocycles. The van der Waals surface area contributed by atoms with Gasteiger partial charge in [-0.25, -0.2) is 0 Å². The van der Waals surface area contributed by atoms with Crippen molar-refractivity contribution in [3.63, 3.8) is 0 Å². The van der Waals surface area contributed by atoms with Crippen LogP contribution in [0.3, 0.4) is 0 Å². The Labute approximate surface area is 160 Å². The Morgan fingerprint density at radius 2 is 1.77 bits per heavy atom. The molecule has 138 valence electrons. The number of aryl methyl sites for hydroxylation is 2. The molecule has 0 amide bonds. The number of rotatable bonds is 8. The Bertz CT molecular complexity index is 705. The molecule has 1 atom stereocenters. The molecule has 0 bridgehead atoms. The second-order valence-electron chi connectivity index (χ2n) is 7.89. The number of hydrogen-bond acceptors (Lipinski definition) is 0. The van der Waals surface area contributed by atoms with Crippen LogP contribution in [0.1, 0.15) is 69.1 Å². The molecular weight excluding hydrogens is 312 g/mol. The largest absolute Gasteiger partial charge is 0.0917 e. The normalized spacial score (nSPS) is 16.8. The summed E-state index contributed by atoms with van der Waals surface area (Å²) in [6.45, 7) is 4.39. The number of unbranched alkanes of at least 4 members (excludes halogenated alkanes) is 2. The Balaban J connectivity index is 1.64. The summed E-state index contributed by atoms with van der Waals surface area (Å²) in [6.07, 6.45) is 16.1. The standard InChI is InChI=1S/C26H34/c1-3-5-7-9-21-11-14-23(15-12-21)25-18-17-24-19-22(10-8-6-4-2)13-16-26(24)20-25/h4,6,11-12,14-15,17-18,20,22H,3,5,7-10,13,16,19H2,1-2H3/b6-4+. The average Bonchev–Trinajstić information content (AvgIpc) is 2.68. The van der Waals surface area contributed by atoms with Gasteiger partial charge >= 0.3 is 0 Å². The summed E-state index contributed by atoms with van der Waals surface area (Å²) in [4.78, 5) is 0. The van der Waals surface area contributed by atoms with Crippen molar-refractivity contribution in [3.8, 4) is 11.1 Å². The summed E-state index contributed by atoms with van der Waals surface area (Å²) in [7, 11) is 0. The topological polar surface area (TPSA) is 0 Å². The lowest BCUT2D eigenvalue weighted by atomic mass is 9.80. The molecule has 0 aliphatic heterocycles. The van der Waals surface area contributed by atoms with E-state index in [0.29, 0.717) is 0 Å². The highest BCUT2D eigenvalue weighted by Crippen LogP contribution is 2.32. The van der Waals surface area contributed by atoms with E-state index in [-0.39, 0.29) is 0 Å². The lowest BCUT2D eigenvalue weighted by molar-refractivity contribution is 0.430. The summed E-state index contributed by atoms with van der Waals surface area (Å²) in [5, 5.41) is 0. The van der Waals surface area contributed by atoms with Crippen molar-refractivity contribution in [1.82, 2.24) is 0 Å². The van der Waals surface area contributed by atoms with Crippen LogP contribution in [0.4, 0.5) is 0 Å². The minimum absolute atomic E-state index is 0.868. The smallest absolute Gasteiger partial charge is 0.0181 e. The van der Waals surface area contributed by atoms with Crippen molar-refractivity contribution in [2.24, 2.45) is 5.92 Å². The molecular formula is C26H34. The van der Waals surface area contributed by atoms with Gasteiger partial charge in [0, 0.05) is 0 Å². The van der Waals surface area contributed by atoms with Crippen LogP contribution in [0, 0.1) is 5.92 Å². The van der Waals surface area contributed by atoms with Gasteiger partial charge < -0.3 is 0 Å².